The number of pyridine rings is 3. The standard InChI is InChI=1S/C25H23N5O/c31-25(23-12-10-19(16-28-23)21-8-3-4-15-27-21)30(20-7-5-14-26-17-20)24-13-11-18-6-1-2-9-22(18)29-24/h1-4,6,8-13,15-16,20,26H,5,7,14,17H2/t20-/m1/s1. The third-order valence-corrected chi connectivity index (χ3v) is 5.63. The van der Waals surface area contributed by atoms with Gasteiger partial charge in [-0.15, -0.1) is 0 Å². The number of hydrogen-bond donors (Lipinski definition) is 1. The van der Waals surface area contributed by atoms with Gasteiger partial charge < -0.3 is 5.32 Å². The van der Waals surface area contributed by atoms with E-state index in [1.807, 2.05) is 60.7 Å². The Hall–Kier alpha value is -3.64. The minimum atomic E-state index is -0.135. The summed E-state index contributed by atoms with van der Waals surface area (Å²) in [5.74, 6) is 0.525. The van der Waals surface area contributed by atoms with E-state index in [2.05, 4.69) is 15.3 Å². The zero-order valence-electron chi connectivity index (χ0n) is 17.1. The number of aromatic nitrogens is 3. The van der Waals surface area contributed by atoms with E-state index in [9.17, 15) is 4.79 Å². The fourth-order valence-corrected chi connectivity index (χ4v) is 4.03. The molecule has 0 radical (unpaired) electrons. The predicted octanol–water partition coefficient (Wildman–Crippen LogP) is 4.09. The lowest BCUT2D eigenvalue weighted by molar-refractivity contribution is 0.0966. The van der Waals surface area contributed by atoms with Gasteiger partial charge in [0, 0.05) is 29.9 Å². The van der Waals surface area contributed by atoms with Gasteiger partial charge in [0.2, 0.25) is 0 Å². The Morgan fingerprint density at radius 3 is 2.65 bits per heavy atom. The molecule has 6 heteroatoms. The largest absolute Gasteiger partial charge is 0.315 e. The summed E-state index contributed by atoms with van der Waals surface area (Å²) in [5.41, 5.74) is 2.99. The van der Waals surface area contributed by atoms with Crippen molar-refractivity contribution in [2.75, 3.05) is 18.0 Å². The van der Waals surface area contributed by atoms with Crippen LogP contribution in [-0.4, -0.2) is 40.0 Å². The van der Waals surface area contributed by atoms with Gasteiger partial charge in [0.05, 0.1) is 17.3 Å². The Kier molecular flexibility index (Phi) is 5.37. The van der Waals surface area contributed by atoms with Crippen molar-refractivity contribution in [3.05, 3.63) is 84.8 Å². The number of piperidine rings is 1. The second-order valence-electron chi connectivity index (χ2n) is 7.68. The fraction of sp³-hybridized carbons (Fsp3) is 0.200. The van der Waals surface area contributed by atoms with Crippen molar-refractivity contribution in [1.29, 1.82) is 0 Å². The third-order valence-electron chi connectivity index (χ3n) is 5.63. The number of benzene rings is 1. The molecule has 0 spiro atoms. The van der Waals surface area contributed by atoms with Gasteiger partial charge in [0.25, 0.3) is 5.91 Å². The maximum absolute atomic E-state index is 13.6. The minimum absolute atomic E-state index is 0.0344. The van der Waals surface area contributed by atoms with Crippen LogP contribution in [0.1, 0.15) is 23.3 Å². The van der Waals surface area contributed by atoms with Crippen LogP contribution in [0.3, 0.4) is 0 Å². The van der Waals surface area contributed by atoms with E-state index in [0.29, 0.717) is 11.5 Å². The van der Waals surface area contributed by atoms with Gasteiger partial charge in [-0.1, -0.05) is 24.3 Å². The van der Waals surface area contributed by atoms with E-state index in [0.717, 1.165) is 48.1 Å². The Balaban J connectivity index is 1.50. The number of nitrogens with one attached hydrogen (secondary N) is 1. The SMILES string of the molecule is O=C(c1ccc(-c2ccccn2)cn1)N(c1ccc2ccccc2n1)[C@@H]1CCCNC1. The molecule has 0 bridgehead atoms. The van der Waals surface area contributed by atoms with E-state index < -0.39 is 0 Å². The zero-order chi connectivity index (χ0) is 21.0. The van der Waals surface area contributed by atoms with Crippen LogP contribution >= 0.6 is 0 Å². The molecule has 1 amide bonds. The molecule has 1 N–H and O–H groups in total. The molecule has 0 saturated carbocycles. The van der Waals surface area contributed by atoms with E-state index in [1.54, 1.807) is 23.4 Å². The first-order valence-electron chi connectivity index (χ1n) is 10.6. The highest BCUT2D eigenvalue weighted by Crippen LogP contribution is 2.25. The van der Waals surface area contributed by atoms with E-state index >= 15 is 0 Å². The van der Waals surface area contributed by atoms with Crippen molar-refractivity contribution < 1.29 is 4.79 Å². The zero-order valence-corrected chi connectivity index (χ0v) is 17.1. The van der Waals surface area contributed by atoms with Crippen molar-refractivity contribution in [2.24, 2.45) is 0 Å². The quantitative estimate of drug-likeness (QED) is 0.550. The van der Waals surface area contributed by atoms with Crippen LogP contribution in [0.4, 0.5) is 5.82 Å². The number of nitrogens with zero attached hydrogens (tertiary/aromatic N) is 4. The molecule has 1 aliphatic heterocycles. The van der Waals surface area contributed by atoms with E-state index in [-0.39, 0.29) is 11.9 Å². The molecule has 31 heavy (non-hydrogen) atoms. The molecule has 0 aliphatic carbocycles. The maximum Gasteiger partial charge on any atom is 0.278 e. The number of amides is 1. The van der Waals surface area contributed by atoms with Gasteiger partial charge in [0.15, 0.2) is 0 Å². The molecule has 0 unspecified atom stereocenters. The van der Waals surface area contributed by atoms with Crippen LogP contribution in [-0.2, 0) is 0 Å². The second kappa shape index (κ2) is 8.62. The van der Waals surface area contributed by atoms with E-state index in [4.69, 9.17) is 4.98 Å². The summed E-state index contributed by atoms with van der Waals surface area (Å²) in [6.45, 7) is 1.72. The summed E-state index contributed by atoms with van der Waals surface area (Å²) in [4.78, 5) is 29.1. The highest BCUT2D eigenvalue weighted by atomic mass is 16.2. The van der Waals surface area contributed by atoms with Crippen LogP contribution in [0, 0.1) is 0 Å². The first kappa shape index (κ1) is 19.3. The Morgan fingerprint density at radius 2 is 1.87 bits per heavy atom. The summed E-state index contributed by atoms with van der Waals surface area (Å²) < 4.78 is 0. The lowest BCUT2D eigenvalue weighted by atomic mass is 10.0. The minimum Gasteiger partial charge on any atom is -0.315 e. The molecule has 154 valence electrons. The molecular formula is C25H23N5O. The molecule has 4 heterocycles. The number of para-hydroxylation sites is 1. The molecule has 1 saturated heterocycles. The van der Waals surface area contributed by atoms with Crippen LogP contribution < -0.4 is 10.2 Å². The van der Waals surface area contributed by atoms with Gasteiger partial charge in [-0.2, -0.15) is 0 Å². The second-order valence-corrected chi connectivity index (χ2v) is 7.68. The number of fused-ring (bicyclic) bond motifs is 1. The van der Waals surface area contributed by atoms with Gasteiger partial charge in [-0.25, -0.2) is 4.98 Å². The normalized spacial score (nSPS) is 16.2. The van der Waals surface area contributed by atoms with Crippen LogP contribution in [0.5, 0.6) is 0 Å². The van der Waals surface area contributed by atoms with Crippen molar-refractivity contribution >= 4 is 22.6 Å². The molecule has 1 aromatic carbocycles. The number of anilines is 1. The Bertz CT molecular complexity index is 1190. The molecule has 4 aromatic rings. The summed E-state index contributed by atoms with van der Waals surface area (Å²) in [6, 6.07) is 21.3. The number of carbonyl (C=O) groups excluding carboxylic acids is 1. The fourth-order valence-electron chi connectivity index (χ4n) is 4.03. The number of hydrogen-bond acceptors (Lipinski definition) is 5. The van der Waals surface area contributed by atoms with Gasteiger partial charge >= 0.3 is 0 Å². The topological polar surface area (TPSA) is 71.0 Å². The van der Waals surface area contributed by atoms with E-state index in [1.165, 1.54) is 0 Å². The first-order chi connectivity index (χ1) is 15.3. The smallest absolute Gasteiger partial charge is 0.278 e. The van der Waals surface area contributed by atoms with Crippen molar-refractivity contribution in [3.63, 3.8) is 0 Å². The highest BCUT2D eigenvalue weighted by molar-refractivity contribution is 6.05. The lowest BCUT2D eigenvalue weighted by Gasteiger charge is -2.34. The van der Waals surface area contributed by atoms with Crippen molar-refractivity contribution in [2.45, 2.75) is 18.9 Å². The number of carbonyl (C=O) groups is 1. The molecular weight excluding hydrogens is 386 g/mol. The summed E-state index contributed by atoms with van der Waals surface area (Å²) in [5, 5.41) is 4.46. The molecule has 1 atom stereocenters. The molecule has 3 aromatic heterocycles. The lowest BCUT2D eigenvalue weighted by Crippen LogP contribution is -2.49. The number of rotatable bonds is 4. The van der Waals surface area contributed by atoms with Crippen molar-refractivity contribution in [3.8, 4) is 11.3 Å². The molecule has 1 fully saturated rings. The van der Waals surface area contributed by atoms with Gasteiger partial charge in [0.1, 0.15) is 11.5 Å². The summed E-state index contributed by atoms with van der Waals surface area (Å²) >= 11 is 0. The molecule has 6 nitrogen and oxygen atoms in total. The van der Waals surface area contributed by atoms with Crippen LogP contribution in [0.25, 0.3) is 22.2 Å². The Morgan fingerprint density at radius 1 is 0.968 bits per heavy atom. The van der Waals surface area contributed by atoms with Gasteiger partial charge in [-0.3, -0.25) is 19.7 Å². The first-order valence-corrected chi connectivity index (χ1v) is 10.6. The monoisotopic (exact) mass is 409 g/mol. The van der Waals surface area contributed by atoms with Crippen LogP contribution in [0.15, 0.2) is 79.1 Å². The maximum atomic E-state index is 13.6. The average Bonchev–Trinajstić information content (AvgIpc) is 2.85. The molecule has 1 aliphatic rings. The summed E-state index contributed by atoms with van der Waals surface area (Å²) in [6.07, 6.45) is 5.41. The third kappa shape index (κ3) is 4.02. The van der Waals surface area contributed by atoms with Crippen LogP contribution in [0.2, 0.25) is 0 Å². The predicted molar refractivity (Wildman–Crippen MR) is 122 cm³/mol. The van der Waals surface area contributed by atoms with Crippen molar-refractivity contribution in [1.82, 2.24) is 20.3 Å². The highest BCUT2D eigenvalue weighted by Gasteiger charge is 2.29. The Labute approximate surface area is 181 Å². The van der Waals surface area contributed by atoms with Gasteiger partial charge in [-0.05, 0) is 61.9 Å². The molecule has 5 rings (SSSR count). The average molecular weight is 409 g/mol. The summed E-state index contributed by atoms with van der Waals surface area (Å²) in [7, 11) is 0.